The molecule has 1 aromatic carbocycles. The van der Waals surface area contributed by atoms with E-state index < -0.39 is 0 Å². The van der Waals surface area contributed by atoms with Gasteiger partial charge in [-0.15, -0.1) is 0 Å². The molecule has 3 N–H and O–H groups in total. The Hall–Kier alpha value is -2.82. The van der Waals surface area contributed by atoms with E-state index in [-0.39, 0.29) is 5.75 Å². The summed E-state index contributed by atoms with van der Waals surface area (Å²) in [5, 5.41) is 10.4. The number of nitrogens with two attached hydrogens (primary N) is 1. The van der Waals surface area contributed by atoms with Crippen LogP contribution in [0.25, 0.3) is 5.70 Å². The van der Waals surface area contributed by atoms with E-state index in [4.69, 9.17) is 10.5 Å². The summed E-state index contributed by atoms with van der Waals surface area (Å²) >= 11 is 0. The molecule has 2 heterocycles. The number of hydrogen-bond donors (Lipinski definition) is 2. The van der Waals surface area contributed by atoms with Gasteiger partial charge in [-0.3, -0.25) is 9.98 Å². The van der Waals surface area contributed by atoms with Crippen molar-refractivity contribution in [3.8, 4) is 11.5 Å². The average Bonchev–Trinajstić information content (AvgIpc) is 3.46. The van der Waals surface area contributed by atoms with E-state index in [9.17, 15) is 5.11 Å². The molecule has 0 amide bonds. The minimum atomic E-state index is 0.158. The van der Waals surface area contributed by atoms with Crippen LogP contribution in [0.3, 0.4) is 0 Å². The van der Waals surface area contributed by atoms with Crippen molar-refractivity contribution in [2.24, 2.45) is 10.7 Å². The number of phenolic OH excluding ortho intramolecular Hbond substituents is 1. The average molecular weight is 337 g/mol. The van der Waals surface area contributed by atoms with Crippen molar-refractivity contribution in [3.63, 3.8) is 0 Å². The fourth-order valence-electron chi connectivity index (χ4n) is 2.66. The molecule has 0 bridgehead atoms. The normalized spacial score (nSPS) is 15.8. The lowest BCUT2D eigenvalue weighted by Crippen LogP contribution is -2.09. The SMILES string of the molecule is CC.NC1=CCN=C(c2ccc(OC3CC3)cc2O)c2ccncc21. The molecule has 1 aromatic heterocycles. The smallest absolute Gasteiger partial charge is 0.128 e. The van der Waals surface area contributed by atoms with Crippen LogP contribution in [0.1, 0.15) is 43.4 Å². The van der Waals surface area contributed by atoms with Crippen LogP contribution in [0.15, 0.2) is 47.7 Å². The summed E-state index contributed by atoms with van der Waals surface area (Å²) in [4.78, 5) is 8.72. The van der Waals surface area contributed by atoms with Gasteiger partial charge in [-0.2, -0.15) is 0 Å². The van der Waals surface area contributed by atoms with E-state index in [1.807, 2.05) is 38.1 Å². The molecule has 2 aliphatic rings. The molecule has 0 saturated heterocycles. The number of ether oxygens (including phenoxy) is 1. The maximum atomic E-state index is 10.4. The minimum Gasteiger partial charge on any atom is -0.507 e. The third kappa shape index (κ3) is 3.65. The number of benzene rings is 1. The number of aromatic nitrogens is 1. The maximum absolute atomic E-state index is 10.4. The Kier molecular flexibility index (Phi) is 5.03. The van der Waals surface area contributed by atoms with Gasteiger partial charge in [-0.25, -0.2) is 0 Å². The lowest BCUT2D eigenvalue weighted by atomic mass is 9.97. The van der Waals surface area contributed by atoms with Crippen LogP contribution in [0.2, 0.25) is 0 Å². The van der Waals surface area contributed by atoms with Gasteiger partial charge >= 0.3 is 0 Å². The van der Waals surface area contributed by atoms with Crippen LogP contribution in [0.4, 0.5) is 0 Å². The van der Waals surface area contributed by atoms with Crippen molar-refractivity contribution >= 4 is 11.4 Å². The molecule has 4 rings (SSSR count). The van der Waals surface area contributed by atoms with Gasteiger partial charge in [0.05, 0.1) is 18.4 Å². The van der Waals surface area contributed by atoms with Gasteiger partial charge in [-0.05, 0) is 37.1 Å². The summed E-state index contributed by atoms with van der Waals surface area (Å²) in [6.07, 6.45) is 7.75. The summed E-state index contributed by atoms with van der Waals surface area (Å²) in [6.45, 7) is 4.47. The Morgan fingerprint density at radius 2 is 1.92 bits per heavy atom. The Bertz CT molecular complexity index is 823. The van der Waals surface area contributed by atoms with E-state index in [1.165, 1.54) is 0 Å². The highest BCUT2D eigenvalue weighted by Gasteiger charge is 2.24. The van der Waals surface area contributed by atoms with Gasteiger partial charge in [0.2, 0.25) is 0 Å². The largest absolute Gasteiger partial charge is 0.507 e. The van der Waals surface area contributed by atoms with Gasteiger partial charge in [0, 0.05) is 40.8 Å². The van der Waals surface area contributed by atoms with Crippen LogP contribution >= 0.6 is 0 Å². The van der Waals surface area contributed by atoms with E-state index in [2.05, 4.69) is 9.98 Å². The third-order valence-corrected chi connectivity index (χ3v) is 4.00. The number of aromatic hydroxyl groups is 1. The number of hydrogen-bond acceptors (Lipinski definition) is 5. The highest BCUT2D eigenvalue weighted by atomic mass is 16.5. The van der Waals surface area contributed by atoms with Gasteiger partial charge in [0.25, 0.3) is 0 Å². The molecule has 1 saturated carbocycles. The molecule has 130 valence electrons. The first kappa shape index (κ1) is 17.0. The minimum absolute atomic E-state index is 0.158. The lowest BCUT2D eigenvalue weighted by molar-refractivity contribution is 0.301. The molecular formula is C20H23N3O2. The summed E-state index contributed by atoms with van der Waals surface area (Å²) < 4.78 is 5.72. The van der Waals surface area contributed by atoms with Crippen molar-refractivity contribution in [3.05, 3.63) is 59.4 Å². The predicted molar refractivity (Wildman–Crippen MR) is 100 cm³/mol. The predicted octanol–water partition coefficient (Wildman–Crippen LogP) is 3.51. The van der Waals surface area contributed by atoms with Gasteiger partial charge in [0.15, 0.2) is 0 Å². The van der Waals surface area contributed by atoms with E-state index in [0.29, 0.717) is 29.7 Å². The zero-order valence-electron chi connectivity index (χ0n) is 14.6. The Morgan fingerprint density at radius 3 is 2.64 bits per heavy atom. The lowest BCUT2D eigenvalue weighted by Gasteiger charge is -2.13. The zero-order valence-corrected chi connectivity index (χ0v) is 14.6. The monoisotopic (exact) mass is 337 g/mol. The van der Waals surface area contributed by atoms with Crippen molar-refractivity contribution in [1.82, 2.24) is 4.98 Å². The summed E-state index contributed by atoms with van der Waals surface area (Å²) in [5.74, 6) is 0.848. The number of aliphatic imine (C=N–C) groups is 1. The number of nitrogens with zero attached hydrogens (tertiary/aromatic N) is 2. The number of rotatable bonds is 3. The summed E-state index contributed by atoms with van der Waals surface area (Å²) in [5.41, 5.74) is 9.82. The molecule has 5 nitrogen and oxygen atoms in total. The first-order valence-electron chi connectivity index (χ1n) is 8.67. The molecule has 1 aliphatic heterocycles. The van der Waals surface area contributed by atoms with Gasteiger partial charge in [0.1, 0.15) is 11.5 Å². The number of pyridine rings is 1. The van der Waals surface area contributed by atoms with Crippen molar-refractivity contribution in [2.75, 3.05) is 6.54 Å². The van der Waals surface area contributed by atoms with Crippen molar-refractivity contribution in [1.29, 1.82) is 0 Å². The molecule has 25 heavy (non-hydrogen) atoms. The first-order chi connectivity index (χ1) is 12.2. The second-order valence-electron chi connectivity index (χ2n) is 5.77. The van der Waals surface area contributed by atoms with Gasteiger partial charge in [-0.1, -0.05) is 13.8 Å². The summed E-state index contributed by atoms with van der Waals surface area (Å²) in [7, 11) is 0. The Balaban J connectivity index is 0.000000880. The van der Waals surface area contributed by atoms with Crippen LogP contribution in [-0.4, -0.2) is 28.5 Å². The molecule has 0 atom stereocenters. The standard InChI is InChI=1S/C18H17N3O2.C2H6/c19-16-6-8-21-18(13-5-7-20-10-15(13)16)14-4-3-12(9-17(14)22)23-11-1-2-11;1-2/h3-7,9-11,22H,1-2,8,19H2;1-2H3. The highest BCUT2D eigenvalue weighted by molar-refractivity contribution is 6.17. The fraction of sp³-hybridized carbons (Fsp3) is 0.300. The highest BCUT2D eigenvalue weighted by Crippen LogP contribution is 2.32. The third-order valence-electron chi connectivity index (χ3n) is 4.00. The van der Waals surface area contributed by atoms with Gasteiger partial charge < -0.3 is 15.6 Å². The van der Waals surface area contributed by atoms with Crippen molar-refractivity contribution < 1.29 is 9.84 Å². The van der Waals surface area contributed by atoms with Crippen LogP contribution in [0, 0.1) is 0 Å². The first-order valence-corrected chi connectivity index (χ1v) is 8.67. The number of phenols is 1. The topological polar surface area (TPSA) is 80.7 Å². The fourth-order valence-corrected chi connectivity index (χ4v) is 2.66. The molecular weight excluding hydrogens is 314 g/mol. The van der Waals surface area contributed by atoms with E-state index >= 15 is 0 Å². The van der Waals surface area contributed by atoms with Crippen LogP contribution < -0.4 is 10.5 Å². The second kappa shape index (κ2) is 7.38. The van der Waals surface area contributed by atoms with E-state index in [0.717, 1.165) is 29.7 Å². The molecule has 1 aliphatic carbocycles. The molecule has 1 fully saturated rings. The quantitative estimate of drug-likeness (QED) is 0.898. The van der Waals surface area contributed by atoms with E-state index in [1.54, 1.807) is 18.5 Å². The molecule has 0 unspecified atom stereocenters. The molecule has 5 heteroatoms. The summed E-state index contributed by atoms with van der Waals surface area (Å²) in [6, 6.07) is 7.24. The molecule has 0 spiro atoms. The van der Waals surface area contributed by atoms with Crippen LogP contribution in [-0.2, 0) is 0 Å². The number of fused-ring (bicyclic) bond motifs is 1. The maximum Gasteiger partial charge on any atom is 0.128 e. The molecule has 0 radical (unpaired) electrons. The Morgan fingerprint density at radius 1 is 1.12 bits per heavy atom. The second-order valence-corrected chi connectivity index (χ2v) is 5.77. The Labute approximate surface area is 147 Å². The van der Waals surface area contributed by atoms with Crippen molar-refractivity contribution in [2.45, 2.75) is 32.8 Å². The van der Waals surface area contributed by atoms with Crippen LogP contribution in [0.5, 0.6) is 11.5 Å². The zero-order chi connectivity index (χ0) is 17.8. The molecule has 2 aromatic rings.